The van der Waals surface area contributed by atoms with E-state index in [-0.39, 0.29) is 11.7 Å². The van der Waals surface area contributed by atoms with Crippen LogP contribution in [0.4, 0.5) is 0 Å². The van der Waals surface area contributed by atoms with Crippen LogP contribution in [-0.2, 0) is 0 Å². The highest BCUT2D eigenvalue weighted by atomic mass is 33.1. The molecule has 0 bridgehead atoms. The van der Waals surface area contributed by atoms with Crippen molar-refractivity contribution in [3.8, 4) is 5.75 Å². The lowest BCUT2D eigenvalue weighted by Gasteiger charge is -2.09. The zero-order valence-electron chi connectivity index (χ0n) is 14.4. The molecule has 0 unspecified atom stereocenters. The molecule has 0 spiro atoms. The van der Waals surface area contributed by atoms with E-state index < -0.39 is 0 Å². The molecule has 2 rings (SSSR count). The third-order valence-electron chi connectivity index (χ3n) is 3.64. The van der Waals surface area contributed by atoms with Gasteiger partial charge < -0.3 is 10.4 Å². The molecule has 24 heavy (non-hydrogen) atoms. The molecule has 1 amide bonds. The summed E-state index contributed by atoms with van der Waals surface area (Å²) in [5.74, 6) is 2.14. The Hall–Kier alpha value is -1.40. The molecule has 0 saturated carbocycles. The van der Waals surface area contributed by atoms with Crippen molar-refractivity contribution in [1.82, 2.24) is 10.3 Å². The number of carbonyl (C=O) groups excluding carboxylic acids is 1. The molecule has 1 heterocycles. The number of nitrogens with zero attached hydrogens (tertiary/aromatic N) is 1. The van der Waals surface area contributed by atoms with Crippen LogP contribution >= 0.6 is 21.6 Å². The molecular formula is C18H24N2O2S2. The van der Waals surface area contributed by atoms with Crippen LogP contribution < -0.4 is 5.32 Å². The van der Waals surface area contributed by atoms with Crippen LogP contribution in [0.2, 0.25) is 0 Å². The van der Waals surface area contributed by atoms with Gasteiger partial charge in [0.25, 0.3) is 5.91 Å². The average molecular weight is 365 g/mol. The second-order valence-corrected chi connectivity index (χ2v) is 8.41. The summed E-state index contributed by atoms with van der Waals surface area (Å²) in [4.78, 5) is 16.6. The van der Waals surface area contributed by atoms with Gasteiger partial charge in [-0.2, -0.15) is 0 Å². The van der Waals surface area contributed by atoms with Crippen LogP contribution in [0.3, 0.4) is 0 Å². The van der Waals surface area contributed by atoms with Crippen molar-refractivity contribution in [2.24, 2.45) is 0 Å². The Bertz CT molecular complexity index is 720. The van der Waals surface area contributed by atoms with E-state index in [0.29, 0.717) is 17.8 Å². The van der Waals surface area contributed by atoms with Gasteiger partial charge in [-0.25, -0.2) is 4.98 Å². The van der Waals surface area contributed by atoms with E-state index in [9.17, 15) is 9.90 Å². The van der Waals surface area contributed by atoms with Gasteiger partial charge in [0.15, 0.2) is 0 Å². The number of benzene rings is 1. The molecule has 4 nitrogen and oxygen atoms in total. The first-order valence-corrected chi connectivity index (χ1v) is 10.7. The number of fused-ring (bicyclic) bond motifs is 1. The largest absolute Gasteiger partial charge is 0.505 e. The number of amides is 1. The highest BCUT2D eigenvalue weighted by Crippen LogP contribution is 2.29. The smallest absolute Gasteiger partial charge is 0.269 e. The first kappa shape index (κ1) is 18.9. The number of pyridine rings is 1. The summed E-state index contributed by atoms with van der Waals surface area (Å²) in [7, 11) is 3.73. The van der Waals surface area contributed by atoms with E-state index >= 15 is 0 Å². The van der Waals surface area contributed by atoms with Crippen molar-refractivity contribution < 1.29 is 9.90 Å². The zero-order valence-corrected chi connectivity index (χ0v) is 16.0. The predicted molar refractivity (Wildman–Crippen MR) is 105 cm³/mol. The number of phenolic OH excluding ortho intramolecular Hbond substituents is 1. The van der Waals surface area contributed by atoms with Crippen LogP contribution in [0.1, 0.15) is 41.4 Å². The summed E-state index contributed by atoms with van der Waals surface area (Å²) in [6, 6.07) is 5.49. The average Bonchev–Trinajstić information content (AvgIpc) is 2.58. The molecule has 2 N–H and O–H groups in total. The van der Waals surface area contributed by atoms with Gasteiger partial charge in [-0.05, 0) is 43.9 Å². The number of aromatic nitrogens is 1. The Balaban J connectivity index is 1.96. The molecule has 0 aliphatic heterocycles. The van der Waals surface area contributed by atoms with Crippen molar-refractivity contribution in [2.45, 2.75) is 33.6 Å². The lowest BCUT2D eigenvalue weighted by molar-refractivity contribution is 0.0949. The highest BCUT2D eigenvalue weighted by molar-refractivity contribution is 8.76. The van der Waals surface area contributed by atoms with Gasteiger partial charge in [0, 0.05) is 23.4 Å². The van der Waals surface area contributed by atoms with Crippen molar-refractivity contribution in [2.75, 3.05) is 18.1 Å². The van der Waals surface area contributed by atoms with E-state index in [1.807, 2.05) is 47.6 Å². The van der Waals surface area contributed by atoms with Crippen molar-refractivity contribution in [3.63, 3.8) is 0 Å². The van der Waals surface area contributed by atoms with Gasteiger partial charge >= 0.3 is 0 Å². The Morgan fingerprint density at radius 2 is 1.96 bits per heavy atom. The molecule has 0 radical (unpaired) electrons. The van der Waals surface area contributed by atoms with Gasteiger partial charge in [-0.15, -0.1) is 0 Å². The number of phenols is 1. The number of hydrogen-bond acceptors (Lipinski definition) is 5. The van der Waals surface area contributed by atoms with Crippen LogP contribution in [0.15, 0.2) is 18.2 Å². The number of aromatic hydroxyl groups is 1. The molecule has 0 fully saturated rings. The Morgan fingerprint density at radius 1 is 1.21 bits per heavy atom. The fourth-order valence-electron chi connectivity index (χ4n) is 2.37. The molecule has 6 heteroatoms. The van der Waals surface area contributed by atoms with Crippen molar-refractivity contribution in [1.29, 1.82) is 0 Å². The molecule has 2 aromatic rings. The van der Waals surface area contributed by atoms with Crippen molar-refractivity contribution in [3.05, 3.63) is 35.0 Å². The lowest BCUT2D eigenvalue weighted by atomic mass is 10.0. The molecule has 130 valence electrons. The maximum absolute atomic E-state index is 12.2. The van der Waals surface area contributed by atoms with E-state index in [0.717, 1.165) is 28.7 Å². The number of nitrogens with one attached hydrogen (secondary N) is 1. The second kappa shape index (κ2) is 9.18. The van der Waals surface area contributed by atoms with Crippen LogP contribution in [-0.4, -0.2) is 34.0 Å². The Kier molecular flexibility index (Phi) is 7.24. The molecule has 0 aliphatic carbocycles. The number of hydrogen-bond donors (Lipinski definition) is 2. The van der Waals surface area contributed by atoms with Gasteiger partial charge in [-0.1, -0.05) is 40.6 Å². The normalized spacial score (nSPS) is 11.0. The standard InChI is InChI=1S/C18H24N2O2S2/c1-4-9-23-24-10-5-8-19-18(22)15-7-6-14-12(2)11-13(3)17(21)16(14)20-15/h6-7,11,21H,4-5,8-10H2,1-3H3,(H,19,22). The van der Waals surface area contributed by atoms with E-state index in [1.165, 1.54) is 12.2 Å². The Morgan fingerprint density at radius 3 is 2.71 bits per heavy atom. The maximum atomic E-state index is 12.2. The van der Waals surface area contributed by atoms with Crippen LogP contribution in [0, 0.1) is 13.8 Å². The SMILES string of the molecule is CCCSSCCCNC(=O)c1ccc2c(C)cc(C)c(O)c2n1. The van der Waals surface area contributed by atoms with E-state index in [1.54, 1.807) is 6.07 Å². The quantitative estimate of drug-likeness (QED) is 0.534. The molecular weight excluding hydrogens is 340 g/mol. The minimum Gasteiger partial charge on any atom is -0.505 e. The minimum absolute atomic E-state index is 0.148. The summed E-state index contributed by atoms with van der Waals surface area (Å²) >= 11 is 0. The van der Waals surface area contributed by atoms with E-state index in [2.05, 4.69) is 17.2 Å². The number of rotatable bonds is 8. The number of aryl methyl sites for hydroxylation is 2. The number of carbonyl (C=O) groups is 1. The van der Waals surface area contributed by atoms with Gasteiger partial charge in [0.05, 0.1) is 0 Å². The highest BCUT2D eigenvalue weighted by Gasteiger charge is 2.12. The predicted octanol–water partition coefficient (Wildman–Crippen LogP) is 4.47. The summed E-state index contributed by atoms with van der Waals surface area (Å²) in [5.41, 5.74) is 2.65. The van der Waals surface area contributed by atoms with Crippen LogP contribution in [0.25, 0.3) is 10.9 Å². The Labute approximate surface area is 151 Å². The van der Waals surface area contributed by atoms with E-state index in [4.69, 9.17) is 0 Å². The van der Waals surface area contributed by atoms with Crippen LogP contribution in [0.5, 0.6) is 5.75 Å². The molecule has 0 atom stereocenters. The van der Waals surface area contributed by atoms with Gasteiger partial charge in [0.1, 0.15) is 17.0 Å². The third-order valence-corrected chi connectivity index (χ3v) is 6.34. The summed E-state index contributed by atoms with van der Waals surface area (Å²) in [6.45, 7) is 6.62. The maximum Gasteiger partial charge on any atom is 0.269 e. The monoisotopic (exact) mass is 364 g/mol. The summed E-state index contributed by atoms with van der Waals surface area (Å²) in [6.07, 6.45) is 2.12. The topological polar surface area (TPSA) is 62.2 Å². The second-order valence-electron chi connectivity index (χ2n) is 5.71. The first-order valence-electron chi connectivity index (χ1n) is 8.17. The minimum atomic E-state index is -0.193. The third kappa shape index (κ3) is 4.80. The van der Waals surface area contributed by atoms with Gasteiger partial charge in [0.2, 0.25) is 0 Å². The molecule has 0 aliphatic rings. The van der Waals surface area contributed by atoms with Crippen molar-refractivity contribution >= 4 is 38.4 Å². The van der Waals surface area contributed by atoms with Gasteiger partial charge in [-0.3, -0.25) is 4.79 Å². The summed E-state index contributed by atoms with van der Waals surface area (Å²) < 4.78 is 0. The molecule has 0 saturated heterocycles. The lowest BCUT2D eigenvalue weighted by Crippen LogP contribution is -2.25. The summed E-state index contributed by atoms with van der Waals surface area (Å²) in [5, 5.41) is 14.0. The first-order chi connectivity index (χ1) is 11.5. The fourth-order valence-corrected chi connectivity index (χ4v) is 4.59. The fraction of sp³-hybridized carbons (Fsp3) is 0.444. The zero-order chi connectivity index (χ0) is 17.5. The molecule has 1 aromatic heterocycles. The molecule has 1 aromatic carbocycles.